The van der Waals surface area contributed by atoms with Crippen molar-refractivity contribution in [1.82, 2.24) is 4.98 Å². The SMILES string of the molecule is COCC(=O)Nc1ccc2c(C)cc(-c3ccc(F)cc3OC)nc2c1C. The standard InChI is InChI=1S/C21H21FN2O3/c1-12-9-18(16-6-5-14(22)10-19(16)27-4)24-21-13(2)17(8-7-15(12)21)23-20(25)11-26-3/h5-10H,11H2,1-4H3,(H,23,25). The molecular weight excluding hydrogens is 347 g/mol. The van der Waals surface area contributed by atoms with Gasteiger partial charge in [-0.1, -0.05) is 6.07 Å². The fourth-order valence-corrected chi connectivity index (χ4v) is 3.07. The number of methoxy groups -OCH3 is 2. The van der Waals surface area contributed by atoms with E-state index >= 15 is 0 Å². The summed E-state index contributed by atoms with van der Waals surface area (Å²) in [4.78, 5) is 16.6. The maximum absolute atomic E-state index is 13.5. The topological polar surface area (TPSA) is 60.5 Å². The van der Waals surface area contributed by atoms with Crippen LogP contribution in [0.25, 0.3) is 22.2 Å². The van der Waals surface area contributed by atoms with Gasteiger partial charge < -0.3 is 14.8 Å². The first-order chi connectivity index (χ1) is 12.9. The zero-order valence-corrected chi connectivity index (χ0v) is 15.7. The van der Waals surface area contributed by atoms with Gasteiger partial charge in [0.1, 0.15) is 18.2 Å². The molecule has 0 unspecified atom stereocenters. The van der Waals surface area contributed by atoms with Crippen molar-refractivity contribution in [2.24, 2.45) is 0 Å². The van der Waals surface area contributed by atoms with Crippen molar-refractivity contribution in [3.8, 4) is 17.0 Å². The van der Waals surface area contributed by atoms with Gasteiger partial charge in [0.25, 0.3) is 0 Å². The summed E-state index contributed by atoms with van der Waals surface area (Å²) in [5, 5.41) is 3.82. The lowest BCUT2D eigenvalue weighted by molar-refractivity contribution is -0.119. The number of carbonyl (C=O) groups is 1. The molecule has 3 aromatic rings. The first kappa shape index (κ1) is 18.8. The lowest BCUT2D eigenvalue weighted by atomic mass is 10.0. The van der Waals surface area contributed by atoms with Crippen LogP contribution in [-0.2, 0) is 9.53 Å². The summed E-state index contributed by atoms with van der Waals surface area (Å²) in [6, 6.07) is 10.1. The number of ether oxygens (including phenoxy) is 2. The van der Waals surface area contributed by atoms with Crippen molar-refractivity contribution in [2.75, 3.05) is 26.1 Å². The fraction of sp³-hybridized carbons (Fsp3) is 0.238. The fourth-order valence-electron chi connectivity index (χ4n) is 3.07. The maximum atomic E-state index is 13.5. The Morgan fingerprint density at radius 3 is 2.63 bits per heavy atom. The number of aryl methyl sites for hydroxylation is 2. The third kappa shape index (κ3) is 3.75. The number of nitrogens with one attached hydrogen (secondary N) is 1. The van der Waals surface area contributed by atoms with Crippen molar-refractivity contribution in [3.05, 3.63) is 53.3 Å². The van der Waals surface area contributed by atoms with Crippen LogP contribution in [0.1, 0.15) is 11.1 Å². The largest absolute Gasteiger partial charge is 0.496 e. The molecule has 1 N–H and O–H groups in total. The van der Waals surface area contributed by atoms with E-state index in [-0.39, 0.29) is 18.3 Å². The molecule has 0 saturated carbocycles. The van der Waals surface area contributed by atoms with Crippen LogP contribution in [0, 0.1) is 19.7 Å². The van der Waals surface area contributed by atoms with Gasteiger partial charge in [-0.2, -0.15) is 0 Å². The van der Waals surface area contributed by atoms with E-state index in [1.165, 1.54) is 26.4 Å². The number of fused-ring (bicyclic) bond motifs is 1. The van der Waals surface area contributed by atoms with Gasteiger partial charge >= 0.3 is 0 Å². The first-order valence-electron chi connectivity index (χ1n) is 8.48. The zero-order valence-electron chi connectivity index (χ0n) is 15.7. The summed E-state index contributed by atoms with van der Waals surface area (Å²) in [7, 11) is 2.97. The molecule has 2 aromatic carbocycles. The van der Waals surface area contributed by atoms with Crippen molar-refractivity contribution >= 4 is 22.5 Å². The van der Waals surface area contributed by atoms with E-state index in [0.717, 1.165) is 22.0 Å². The molecule has 0 fully saturated rings. The smallest absolute Gasteiger partial charge is 0.250 e. The second kappa shape index (κ2) is 7.72. The zero-order chi connectivity index (χ0) is 19.6. The quantitative estimate of drug-likeness (QED) is 0.731. The van der Waals surface area contributed by atoms with E-state index < -0.39 is 0 Å². The summed E-state index contributed by atoms with van der Waals surface area (Å²) >= 11 is 0. The number of hydrogen-bond donors (Lipinski definition) is 1. The van der Waals surface area contributed by atoms with E-state index in [0.29, 0.717) is 22.7 Å². The molecule has 0 radical (unpaired) electrons. The summed E-state index contributed by atoms with van der Waals surface area (Å²) in [6.45, 7) is 3.88. The molecule has 0 spiro atoms. The maximum Gasteiger partial charge on any atom is 0.250 e. The minimum Gasteiger partial charge on any atom is -0.496 e. The van der Waals surface area contributed by atoms with Crippen LogP contribution in [0.4, 0.5) is 10.1 Å². The highest BCUT2D eigenvalue weighted by Gasteiger charge is 2.14. The predicted molar refractivity (Wildman–Crippen MR) is 104 cm³/mol. The molecule has 1 heterocycles. The Kier molecular flexibility index (Phi) is 5.37. The number of aromatic nitrogens is 1. The van der Waals surface area contributed by atoms with Crippen molar-refractivity contribution in [1.29, 1.82) is 0 Å². The van der Waals surface area contributed by atoms with Crippen LogP contribution < -0.4 is 10.1 Å². The number of rotatable bonds is 5. The van der Waals surface area contributed by atoms with E-state index in [1.54, 1.807) is 6.07 Å². The second-order valence-corrected chi connectivity index (χ2v) is 6.28. The summed E-state index contributed by atoms with van der Waals surface area (Å²) in [5.74, 6) is -0.177. The Labute approximate surface area is 157 Å². The van der Waals surface area contributed by atoms with Gasteiger partial charge in [-0.15, -0.1) is 0 Å². The molecule has 0 atom stereocenters. The van der Waals surface area contributed by atoms with Crippen LogP contribution in [0.2, 0.25) is 0 Å². The minimum atomic E-state index is -0.368. The summed E-state index contributed by atoms with van der Waals surface area (Å²) in [5.41, 5.74) is 4.71. The number of nitrogens with zero attached hydrogens (tertiary/aromatic N) is 1. The van der Waals surface area contributed by atoms with Crippen LogP contribution in [0.15, 0.2) is 36.4 Å². The summed E-state index contributed by atoms with van der Waals surface area (Å²) in [6.07, 6.45) is 0. The number of pyridine rings is 1. The molecule has 0 aliphatic heterocycles. The molecule has 0 saturated heterocycles. The van der Waals surface area contributed by atoms with Gasteiger partial charge in [0.15, 0.2) is 0 Å². The molecule has 27 heavy (non-hydrogen) atoms. The Morgan fingerprint density at radius 2 is 1.93 bits per heavy atom. The number of benzene rings is 2. The lowest BCUT2D eigenvalue weighted by Crippen LogP contribution is -2.17. The van der Waals surface area contributed by atoms with Gasteiger partial charge in [0.05, 0.1) is 18.3 Å². The minimum absolute atomic E-state index is 0.0171. The van der Waals surface area contributed by atoms with Crippen molar-refractivity contribution in [3.63, 3.8) is 0 Å². The third-order valence-electron chi connectivity index (χ3n) is 4.43. The Morgan fingerprint density at radius 1 is 1.15 bits per heavy atom. The summed E-state index contributed by atoms with van der Waals surface area (Å²) < 4.78 is 23.7. The van der Waals surface area contributed by atoms with Gasteiger partial charge in [-0.3, -0.25) is 4.79 Å². The molecule has 0 bridgehead atoms. The average molecular weight is 368 g/mol. The second-order valence-electron chi connectivity index (χ2n) is 6.28. The molecular formula is C21H21FN2O3. The first-order valence-corrected chi connectivity index (χ1v) is 8.48. The highest BCUT2D eigenvalue weighted by molar-refractivity contribution is 5.97. The molecule has 140 valence electrons. The molecule has 0 aliphatic carbocycles. The van der Waals surface area contributed by atoms with Gasteiger partial charge in [-0.25, -0.2) is 9.37 Å². The van der Waals surface area contributed by atoms with Crippen molar-refractivity contribution in [2.45, 2.75) is 13.8 Å². The van der Waals surface area contributed by atoms with Crippen LogP contribution >= 0.6 is 0 Å². The Hall–Kier alpha value is -2.99. The van der Waals surface area contributed by atoms with Gasteiger partial charge in [-0.05, 0) is 49.2 Å². The Balaban J connectivity index is 2.14. The molecule has 1 amide bonds. The van der Waals surface area contributed by atoms with Crippen LogP contribution in [-0.4, -0.2) is 31.7 Å². The Bertz CT molecular complexity index is 1020. The van der Waals surface area contributed by atoms with E-state index in [2.05, 4.69) is 5.32 Å². The number of hydrogen-bond acceptors (Lipinski definition) is 4. The van der Waals surface area contributed by atoms with E-state index in [4.69, 9.17) is 14.5 Å². The molecule has 0 aliphatic rings. The average Bonchev–Trinajstić information content (AvgIpc) is 2.64. The van der Waals surface area contributed by atoms with E-state index in [1.807, 2.05) is 32.0 Å². The highest BCUT2D eigenvalue weighted by Crippen LogP contribution is 2.34. The third-order valence-corrected chi connectivity index (χ3v) is 4.43. The molecule has 3 rings (SSSR count). The van der Waals surface area contributed by atoms with Crippen molar-refractivity contribution < 1.29 is 18.7 Å². The lowest BCUT2D eigenvalue weighted by Gasteiger charge is -2.14. The number of carbonyl (C=O) groups excluding carboxylic acids is 1. The van der Waals surface area contributed by atoms with Gasteiger partial charge in [0, 0.05) is 29.8 Å². The van der Waals surface area contributed by atoms with Crippen LogP contribution in [0.5, 0.6) is 5.75 Å². The number of anilines is 1. The highest BCUT2D eigenvalue weighted by atomic mass is 19.1. The van der Waals surface area contributed by atoms with E-state index in [9.17, 15) is 9.18 Å². The number of amides is 1. The molecule has 1 aromatic heterocycles. The normalized spacial score (nSPS) is 10.9. The van der Waals surface area contributed by atoms with Gasteiger partial charge in [0.2, 0.25) is 5.91 Å². The molecule has 6 heteroatoms. The monoisotopic (exact) mass is 368 g/mol. The van der Waals surface area contributed by atoms with Crippen LogP contribution in [0.3, 0.4) is 0 Å². The molecule has 5 nitrogen and oxygen atoms in total. The predicted octanol–water partition coefficient (Wildman–Crippen LogP) is 4.25. The number of halogens is 1.